The highest BCUT2D eigenvalue weighted by Crippen LogP contribution is 2.23. The molecule has 42 heavy (non-hydrogen) atoms. The minimum Gasteiger partial charge on any atom is -0.494 e. The second kappa shape index (κ2) is 15.6. The van der Waals surface area contributed by atoms with Crippen LogP contribution in [0.25, 0.3) is 0 Å². The minimum atomic E-state index is -3.61. The average molecular weight is 614 g/mol. The van der Waals surface area contributed by atoms with E-state index in [1.54, 1.807) is 41.3 Å². The standard InChI is InChI=1S/C32H40ClN3O5S/c1-5-41-29-19-17-28(18-20-29)36(42(4,39)40)21-9-12-31(37)35(23-26-13-15-27(33)16-14-26)30(32(38)34-24(2)3)22-25-10-7-6-8-11-25/h6-8,10-11,13-20,24,30H,5,9,12,21-23H2,1-4H3,(H,34,38). The molecule has 3 rings (SSSR count). The van der Waals surface area contributed by atoms with Gasteiger partial charge in [-0.05, 0) is 74.7 Å². The Bertz CT molecular complexity index is 1400. The lowest BCUT2D eigenvalue weighted by Gasteiger charge is -2.32. The summed E-state index contributed by atoms with van der Waals surface area (Å²) in [5.41, 5.74) is 2.24. The molecular formula is C32H40ClN3O5S. The molecule has 0 saturated carbocycles. The van der Waals surface area contributed by atoms with Crippen LogP contribution in [0.5, 0.6) is 5.75 Å². The number of hydrogen-bond acceptors (Lipinski definition) is 5. The largest absolute Gasteiger partial charge is 0.494 e. The molecule has 0 spiro atoms. The van der Waals surface area contributed by atoms with Crippen molar-refractivity contribution in [2.45, 2.75) is 58.7 Å². The maximum absolute atomic E-state index is 13.9. The molecule has 3 aromatic rings. The van der Waals surface area contributed by atoms with Crippen molar-refractivity contribution in [3.05, 3.63) is 95.0 Å². The number of ether oxygens (including phenoxy) is 1. The highest BCUT2D eigenvalue weighted by atomic mass is 35.5. The van der Waals surface area contributed by atoms with E-state index < -0.39 is 16.1 Å². The van der Waals surface area contributed by atoms with Crippen molar-refractivity contribution < 1.29 is 22.7 Å². The van der Waals surface area contributed by atoms with Crippen LogP contribution in [0.3, 0.4) is 0 Å². The molecule has 3 aromatic carbocycles. The molecule has 0 aromatic heterocycles. The molecule has 1 N–H and O–H groups in total. The fourth-order valence-corrected chi connectivity index (χ4v) is 5.69. The van der Waals surface area contributed by atoms with Crippen molar-refractivity contribution in [1.29, 1.82) is 0 Å². The molecule has 10 heteroatoms. The summed E-state index contributed by atoms with van der Waals surface area (Å²) >= 11 is 6.09. The summed E-state index contributed by atoms with van der Waals surface area (Å²) in [6, 6.07) is 22.7. The van der Waals surface area contributed by atoms with Crippen LogP contribution in [-0.2, 0) is 32.6 Å². The Balaban J connectivity index is 1.85. The first kappa shape index (κ1) is 32.9. The summed E-state index contributed by atoms with van der Waals surface area (Å²) in [4.78, 5) is 28.9. The summed E-state index contributed by atoms with van der Waals surface area (Å²) in [5, 5.41) is 3.55. The number of carbonyl (C=O) groups excluding carboxylic acids is 2. The second-order valence-electron chi connectivity index (χ2n) is 10.4. The lowest BCUT2D eigenvalue weighted by Crippen LogP contribution is -2.51. The van der Waals surface area contributed by atoms with E-state index in [0.717, 1.165) is 17.4 Å². The number of hydrogen-bond donors (Lipinski definition) is 1. The number of rotatable bonds is 15. The predicted octanol–water partition coefficient (Wildman–Crippen LogP) is 5.45. The third-order valence-corrected chi connectivity index (χ3v) is 8.00. The molecule has 0 aliphatic rings. The summed E-state index contributed by atoms with van der Waals surface area (Å²) in [6.45, 7) is 6.45. The first-order valence-corrected chi connectivity index (χ1v) is 16.3. The number of nitrogens with one attached hydrogen (secondary N) is 1. The third-order valence-electron chi connectivity index (χ3n) is 6.56. The fourth-order valence-electron chi connectivity index (χ4n) is 4.60. The van der Waals surface area contributed by atoms with Gasteiger partial charge in [0.1, 0.15) is 11.8 Å². The van der Waals surface area contributed by atoms with Crippen LogP contribution in [0.2, 0.25) is 5.02 Å². The molecule has 0 radical (unpaired) electrons. The van der Waals surface area contributed by atoms with Gasteiger partial charge in [-0.25, -0.2) is 8.42 Å². The Morgan fingerprint density at radius 2 is 1.57 bits per heavy atom. The Morgan fingerprint density at radius 1 is 0.929 bits per heavy atom. The number of carbonyl (C=O) groups is 2. The molecule has 2 amide bonds. The third kappa shape index (κ3) is 10.1. The molecular weight excluding hydrogens is 574 g/mol. The van der Waals surface area contributed by atoms with Crippen LogP contribution < -0.4 is 14.4 Å². The van der Waals surface area contributed by atoms with Gasteiger partial charge in [-0.15, -0.1) is 0 Å². The van der Waals surface area contributed by atoms with E-state index in [1.165, 1.54) is 4.31 Å². The first-order valence-electron chi connectivity index (χ1n) is 14.1. The Kier molecular flexibility index (Phi) is 12.2. The SMILES string of the molecule is CCOc1ccc(N(CCCC(=O)N(Cc2ccc(Cl)cc2)C(Cc2ccccc2)C(=O)NC(C)C)S(C)(=O)=O)cc1. The van der Waals surface area contributed by atoms with Crippen molar-refractivity contribution in [3.63, 3.8) is 0 Å². The molecule has 0 aliphatic heterocycles. The van der Waals surface area contributed by atoms with Gasteiger partial charge in [0.05, 0.1) is 18.6 Å². The molecule has 0 bridgehead atoms. The topological polar surface area (TPSA) is 96.0 Å². The van der Waals surface area contributed by atoms with E-state index >= 15 is 0 Å². The average Bonchev–Trinajstić information content (AvgIpc) is 2.94. The van der Waals surface area contributed by atoms with Gasteiger partial charge in [-0.2, -0.15) is 0 Å². The van der Waals surface area contributed by atoms with Crippen molar-refractivity contribution in [3.8, 4) is 5.75 Å². The van der Waals surface area contributed by atoms with E-state index in [-0.39, 0.29) is 43.8 Å². The number of anilines is 1. The van der Waals surface area contributed by atoms with Crippen molar-refractivity contribution >= 4 is 39.1 Å². The number of halogens is 1. The molecule has 1 atom stereocenters. The fraction of sp³-hybridized carbons (Fsp3) is 0.375. The molecule has 0 saturated heterocycles. The summed E-state index contributed by atoms with van der Waals surface area (Å²) in [6.07, 6.45) is 1.79. The van der Waals surface area contributed by atoms with Gasteiger partial charge in [0.15, 0.2) is 0 Å². The monoisotopic (exact) mass is 613 g/mol. The highest BCUT2D eigenvalue weighted by molar-refractivity contribution is 7.92. The number of sulfonamides is 1. The van der Waals surface area contributed by atoms with Crippen LogP contribution in [0.15, 0.2) is 78.9 Å². The van der Waals surface area contributed by atoms with E-state index in [9.17, 15) is 18.0 Å². The van der Waals surface area contributed by atoms with Crippen LogP contribution >= 0.6 is 11.6 Å². The number of nitrogens with zero attached hydrogens (tertiary/aromatic N) is 2. The first-order chi connectivity index (χ1) is 20.0. The van der Waals surface area contributed by atoms with Gasteiger partial charge in [-0.3, -0.25) is 13.9 Å². The zero-order chi connectivity index (χ0) is 30.7. The zero-order valence-electron chi connectivity index (χ0n) is 24.6. The van der Waals surface area contributed by atoms with E-state index in [2.05, 4.69) is 5.32 Å². The highest BCUT2D eigenvalue weighted by Gasteiger charge is 2.31. The van der Waals surface area contributed by atoms with Crippen LogP contribution in [0, 0.1) is 0 Å². The van der Waals surface area contributed by atoms with E-state index in [0.29, 0.717) is 29.5 Å². The van der Waals surface area contributed by atoms with Crippen LogP contribution in [0.4, 0.5) is 5.69 Å². The van der Waals surface area contributed by atoms with Crippen LogP contribution in [-0.4, -0.2) is 56.6 Å². The van der Waals surface area contributed by atoms with Gasteiger partial charge in [0.25, 0.3) is 0 Å². The molecule has 1 unspecified atom stereocenters. The van der Waals surface area contributed by atoms with Crippen molar-refractivity contribution in [1.82, 2.24) is 10.2 Å². The Labute approximate surface area is 254 Å². The van der Waals surface area contributed by atoms with Crippen molar-refractivity contribution in [2.75, 3.05) is 23.7 Å². The van der Waals surface area contributed by atoms with Crippen molar-refractivity contribution in [2.24, 2.45) is 0 Å². The number of benzene rings is 3. The van der Waals surface area contributed by atoms with Gasteiger partial charge in [0, 0.05) is 37.0 Å². The van der Waals surface area contributed by atoms with Gasteiger partial charge in [-0.1, -0.05) is 54.1 Å². The minimum absolute atomic E-state index is 0.0525. The zero-order valence-corrected chi connectivity index (χ0v) is 26.2. The van der Waals surface area contributed by atoms with E-state index in [1.807, 2.05) is 63.2 Å². The smallest absolute Gasteiger partial charge is 0.243 e. The number of amides is 2. The van der Waals surface area contributed by atoms with Gasteiger partial charge >= 0.3 is 0 Å². The lowest BCUT2D eigenvalue weighted by molar-refractivity contribution is -0.141. The maximum Gasteiger partial charge on any atom is 0.243 e. The second-order valence-corrected chi connectivity index (χ2v) is 12.7. The van der Waals surface area contributed by atoms with Crippen LogP contribution in [0.1, 0.15) is 44.7 Å². The maximum atomic E-state index is 13.9. The Morgan fingerprint density at radius 3 is 2.14 bits per heavy atom. The molecule has 8 nitrogen and oxygen atoms in total. The molecule has 226 valence electrons. The Hall–Kier alpha value is -3.56. The summed E-state index contributed by atoms with van der Waals surface area (Å²) in [5.74, 6) is 0.153. The normalized spacial score (nSPS) is 12.0. The summed E-state index contributed by atoms with van der Waals surface area (Å²) < 4.78 is 32.1. The molecule has 0 heterocycles. The lowest BCUT2D eigenvalue weighted by atomic mass is 10.0. The van der Waals surface area contributed by atoms with Gasteiger partial charge < -0.3 is 15.0 Å². The van der Waals surface area contributed by atoms with E-state index in [4.69, 9.17) is 16.3 Å². The molecule has 0 fully saturated rings. The summed E-state index contributed by atoms with van der Waals surface area (Å²) in [7, 11) is -3.61. The van der Waals surface area contributed by atoms with Gasteiger partial charge in [0.2, 0.25) is 21.8 Å². The molecule has 0 aliphatic carbocycles. The quantitative estimate of drug-likeness (QED) is 0.246. The predicted molar refractivity (Wildman–Crippen MR) is 168 cm³/mol.